The first-order valence-electron chi connectivity index (χ1n) is 7.49. The van der Waals surface area contributed by atoms with Crippen LogP contribution >= 0.6 is 0 Å². The second-order valence-electron chi connectivity index (χ2n) is 5.72. The van der Waals surface area contributed by atoms with Gasteiger partial charge in [0.05, 0.1) is 0 Å². The standard InChI is InChI=1S/C15H26N4O/c1-14(12-16)13-18-8-6-17(7-9-18)10-11-19-5-3-2-4-15(19)20/h2-5,14H,6-13,16H2,1H3. The molecule has 2 N–H and O–H groups in total. The van der Waals surface area contributed by atoms with Crippen LogP contribution in [0.5, 0.6) is 0 Å². The van der Waals surface area contributed by atoms with Gasteiger partial charge in [-0.15, -0.1) is 0 Å². The average molecular weight is 278 g/mol. The maximum absolute atomic E-state index is 11.6. The minimum absolute atomic E-state index is 0.0860. The fraction of sp³-hybridized carbons (Fsp3) is 0.667. The van der Waals surface area contributed by atoms with Gasteiger partial charge in [0.1, 0.15) is 0 Å². The Balaban J connectivity index is 1.72. The largest absolute Gasteiger partial charge is 0.330 e. The maximum Gasteiger partial charge on any atom is 0.250 e. The van der Waals surface area contributed by atoms with E-state index in [4.69, 9.17) is 5.73 Å². The second kappa shape index (κ2) is 7.57. The Labute approximate surface area is 121 Å². The molecule has 0 saturated carbocycles. The van der Waals surface area contributed by atoms with Crippen LogP contribution in [0.4, 0.5) is 0 Å². The molecule has 0 bridgehead atoms. The first-order chi connectivity index (χ1) is 9.69. The fourth-order valence-corrected chi connectivity index (χ4v) is 2.61. The van der Waals surface area contributed by atoms with E-state index in [0.717, 1.165) is 52.4 Å². The highest BCUT2D eigenvalue weighted by Gasteiger charge is 2.17. The highest BCUT2D eigenvalue weighted by atomic mass is 16.1. The molecule has 1 saturated heterocycles. The third-order valence-electron chi connectivity index (χ3n) is 3.99. The number of hydrogen-bond acceptors (Lipinski definition) is 4. The number of nitrogens with two attached hydrogens (primary N) is 1. The molecule has 0 spiro atoms. The summed E-state index contributed by atoms with van der Waals surface area (Å²) in [4.78, 5) is 16.5. The monoisotopic (exact) mass is 278 g/mol. The van der Waals surface area contributed by atoms with Gasteiger partial charge in [-0.3, -0.25) is 9.69 Å². The van der Waals surface area contributed by atoms with E-state index in [9.17, 15) is 4.79 Å². The number of piperazine rings is 1. The SMILES string of the molecule is CC(CN)CN1CCN(CCn2ccccc2=O)CC1. The van der Waals surface area contributed by atoms with E-state index in [1.54, 1.807) is 16.7 Å². The van der Waals surface area contributed by atoms with Gasteiger partial charge in [-0.25, -0.2) is 0 Å². The Morgan fingerprint density at radius 3 is 2.50 bits per heavy atom. The maximum atomic E-state index is 11.6. The summed E-state index contributed by atoms with van der Waals surface area (Å²) in [5, 5.41) is 0. The van der Waals surface area contributed by atoms with Gasteiger partial charge in [0.15, 0.2) is 0 Å². The summed E-state index contributed by atoms with van der Waals surface area (Å²) in [5.41, 5.74) is 5.76. The number of pyridine rings is 1. The zero-order valence-corrected chi connectivity index (χ0v) is 12.4. The molecule has 5 nitrogen and oxygen atoms in total. The molecular formula is C15H26N4O. The summed E-state index contributed by atoms with van der Waals surface area (Å²) < 4.78 is 1.78. The summed E-state index contributed by atoms with van der Waals surface area (Å²) >= 11 is 0. The first kappa shape index (κ1) is 15.2. The van der Waals surface area contributed by atoms with E-state index in [1.165, 1.54) is 0 Å². The minimum Gasteiger partial charge on any atom is -0.330 e. The van der Waals surface area contributed by atoms with Gasteiger partial charge in [-0.2, -0.15) is 0 Å². The molecule has 1 aliphatic rings. The predicted octanol–water partition coefficient (Wildman–Crippen LogP) is 0.0607. The molecule has 1 aromatic rings. The van der Waals surface area contributed by atoms with E-state index in [1.807, 2.05) is 12.3 Å². The van der Waals surface area contributed by atoms with Gasteiger partial charge in [-0.05, 0) is 18.5 Å². The Kier molecular flexibility index (Phi) is 5.76. The van der Waals surface area contributed by atoms with Gasteiger partial charge in [0.25, 0.3) is 5.56 Å². The van der Waals surface area contributed by atoms with Crippen LogP contribution in [0.15, 0.2) is 29.2 Å². The summed E-state index contributed by atoms with van der Waals surface area (Å²) in [6.07, 6.45) is 1.86. The van der Waals surface area contributed by atoms with Crippen molar-refractivity contribution in [3.8, 4) is 0 Å². The van der Waals surface area contributed by atoms with Crippen molar-refractivity contribution in [2.24, 2.45) is 11.7 Å². The van der Waals surface area contributed by atoms with Crippen LogP contribution in [0.25, 0.3) is 0 Å². The Morgan fingerprint density at radius 1 is 1.15 bits per heavy atom. The normalized spacial score (nSPS) is 19.1. The Bertz CT molecular complexity index is 451. The number of hydrogen-bond donors (Lipinski definition) is 1. The molecular weight excluding hydrogens is 252 g/mol. The quantitative estimate of drug-likeness (QED) is 0.799. The number of nitrogens with zero attached hydrogens (tertiary/aromatic N) is 3. The zero-order valence-electron chi connectivity index (χ0n) is 12.4. The van der Waals surface area contributed by atoms with Gasteiger partial charge in [-0.1, -0.05) is 13.0 Å². The summed E-state index contributed by atoms with van der Waals surface area (Å²) in [6.45, 7) is 10.2. The van der Waals surface area contributed by atoms with Crippen LogP contribution < -0.4 is 11.3 Å². The molecule has 1 aromatic heterocycles. The van der Waals surface area contributed by atoms with E-state index < -0.39 is 0 Å². The van der Waals surface area contributed by atoms with E-state index >= 15 is 0 Å². The van der Waals surface area contributed by atoms with Crippen molar-refractivity contribution in [3.05, 3.63) is 34.7 Å². The van der Waals surface area contributed by atoms with Crippen molar-refractivity contribution in [1.29, 1.82) is 0 Å². The van der Waals surface area contributed by atoms with Crippen molar-refractivity contribution >= 4 is 0 Å². The van der Waals surface area contributed by atoms with Gasteiger partial charge in [0, 0.05) is 58.1 Å². The van der Waals surface area contributed by atoms with Crippen molar-refractivity contribution in [2.45, 2.75) is 13.5 Å². The number of aromatic nitrogens is 1. The van der Waals surface area contributed by atoms with Crippen LogP contribution in [0.3, 0.4) is 0 Å². The van der Waals surface area contributed by atoms with Crippen molar-refractivity contribution < 1.29 is 0 Å². The van der Waals surface area contributed by atoms with Gasteiger partial charge >= 0.3 is 0 Å². The third-order valence-corrected chi connectivity index (χ3v) is 3.99. The lowest BCUT2D eigenvalue weighted by Gasteiger charge is -2.35. The average Bonchev–Trinajstić information content (AvgIpc) is 2.48. The minimum atomic E-state index is 0.0860. The lowest BCUT2D eigenvalue weighted by molar-refractivity contribution is 0.118. The van der Waals surface area contributed by atoms with Gasteiger partial charge in [0.2, 0.25) is 0 Å². The molecule has 5 heteroatoms. The van der Waals surface area contributed by atoms with E-state index in [2.05, 4.69) is 16.7 Å². The number of rotatable bonds is 6. The molecule has 2 heterocycles. The first-order valence-corrected chi connectivity index (χ1v) is 7.49. The lowest BCUT2D eigenvalue weighted by atomic mass is 10.1. The molecule has 1 atom stereocenters. The van der Waals surface area contributed by atoms with Crippen LogP contribution in [-0.2, 0) is 6.54 Å². The molecule has 2 rings (SSSR count). The van der Waals surface area contributed by atoms with Crippen LogP contribution in [0, 0.1) is 5.92 Å². The van der Waals surface area contributed by atoms with Crippen LogP contribution in [-0.4, -0.2) is 60.2 Å². The van der Waals surface area contributed by atoms with Crippen molar-refractivity contribution in [2.75, 3.05) is 45.8 Å². The van der Waals surface area contributed by atoms with Crippen molar-refractivity contribution in [1.82, 2.24) is 14.4 Å². The molecule has 20 heavy (non-hydrogen) atoms. The summed E-state index contributed by atoms with van der Waals surface area (Å²) in [6, 6.07) is 5.32. The van der Waals surface area contributed by atoms with Crippen LogP contribution in [0.2, 0.25) is 0 Å². The third kappa shape index (κ3) is 4.44. The van der Waals surface area contributed by atoms with Crippen LogP contribution in [0.1, 0.15) is 6.92 Å². The lowest BCUT2D eigenvalue weighted by Crippen LogP contribution is -2.48. The molecule has 112 valence electrons. The fourth-order valence-electron chi connectivity index (χ4n) is 2.61. The Hall–Kier alpha value is -1.17. The van der Waals surface area contributed by atoms with Gasteiger partial charge < -0.3 is 15.2 Å². The zero-order chi connectivity index (χ0) is 14.4. The summed E-state index contributed by atoms with van der Waals surface area (Å²) in [7, 11) is 0. The highest BCUT2D eigenvalue weighted by molar-refractivity contribution is 4.93. The molecule has 0 amide bonds. The highest BCUT2D eigenvalue weighted by Crippen LogP contribution is 2.05. The molecule has 1 unspecified atom stereocenters. The second-order valence-corrected chi connectivity index (χ2v) is 5.72. The molecule has 1 aliphatic heterocycles. The van der Waals surface area contributed by atoms with E-state index in [0.29, 0.717) is 5.92 Å². The summed E-state index contributed by atoms with van der Waals surface area (Å²) in [5.74, 6) is 0.574. The topological polar surface area (TPSA) is 54.5 Å². The predicted molar refractivity (Wildman–Crippen MR) is 81.8 cm³/mol. The molecule has 1 fully saturated rings. The smallest absolute Gasteiger partial charge is 0.250 e. The molecule has 0 aromatic carbocycles. The Morgan fingerprint density at radius 2 is 1.85 bits per heavy atom. The molecule has 0 aliphatic carbocycles. The van der Waals surface area contributed by atoms with E-state index in [-0.39, 0.29) is 5.56 Å². The van der Waals surface area contributed by atoms with Crippen molar-refractivity contribution in [3.63, 3.8) is 0 Å². The molecule has 0 radical (unpaired) electrons.